The molecule has 1 saturated heterocycles. The van der Waals surface area contributed by atoms with E-state index in [0.29, 0.717) is 6.10 Å². The Morgan fingerprint density at radius 2 is 2.44 bits per heavy atom. The molecule has 0 radical (unpaired) electrons. The maximum absolute atomic E-state index is 5.16. The van der Waals surface area contributed by atoms with Gasteiger partial charge in [-0.2, -0.15) is 0 Å². The fraction of sp³-hybridized carbons (Fsp3) is 1.00. The lowest BCUT2D eigenvalue weighted by molar-refractivity contribution is 0.141. The van der Waals surface area contributed by atoms with Crippen molar-refractivity contribution in [3.63, 3.8) is 0 Å². The fourth-order valence-corrected chi connectivity index (χ4v) is 0.792. The first-order chi connectivity index (χ1) is 4.43. The van der Waals surface area contributed by atoms with Crippen LogP contribution in [-0.4, -0.2) is 25.9 Å². The first kappa shape index (κ1) is 7.03. The second-order valence-electron chi connectivity index (χ2n) is 2.29. The highest BCUT2D eigenvalue weighted by molar-refractivity contribution is 4.67. The van der Waals surface area contributed by atoms with Crippen LogP contribution in [0.1, 0.15) is 19.8 Å². The molecule has 0 saturated carbocycles. The van der Waals surface area contributed by atoms with Crippen LogP contribution in [0.2, 0.25) is 0 Å². The van der Waals surface area contributed by atoms with Gasteiger partial charge < -0.3 is 9.47 Å². The molecule has 1 aliphatic rings. The molecule has 1 fully saturated rings. The maximum Gasteiger partial charge on any atom is 0.0810 e. The number of rotatable bonds is 5. The van der Waals surface area contributed by atoms with Crippen LogP contribution >= 0.6 is 0 Å². The molecule has 1 heterocycles. The van der Waals surface area contributed by atoms with E-state index in [1.165, 1.54) is 6.42 Å². The second kappa shape index (κ2) is 3.85. The van der Waals surface area contributed by atoms with Crippen LogP contribution in [0, 0.1) is 0 Å². The van der Waals surface area contributed by atoms with Crippen LogP contribution in [0.5, 0.6) is 0 Å². The molecule has 0 aromatic heterocycles. The van der Waals surface area contributed by atoms with Crippen LogP contribution in [0.3, 0.4) is 0 Å². The third-order valence-corrected chi connectivity index (χ3v) is 1.42. The summed E-state index contributed by atoms with van der Waals surface area (Å²) < 4.78 is 10.2. The summed E-state index contributed by atoms with van der Waals surface area (Å²) in [5.41, 5.74) is 0. The van der Waals surface area contributed by atoms with Gasteiger partial charge in [0.15, 0.2) is 0 Å². The van der Waals surface area contributed by atoms with Gasteiger partial charge in [0.1, 0.15) is 0 Å². The molecule has 0 spiro atoms. The molecule has 0 bridgehead atoms. The molecule has 0 amide bonds. The molecule has 2 heteroatoms. The molecule has 0 aromatic carbocycles. The van der Waals surface area contributed by atoms with E-state index in [2.05, 4.69) is 0 Å². The van der Waals surface area contributed by atoms with Crippen molar-refractivity contribution >= 4 is 0 Å². The van der Waals surface area contributed by atoms with Gasteiger partial charge >= 0.3 is 0 Å². The molecule has 2 nitrogen and oxygen atoms in total. The second-order valence-corrected chi connectivity index (χ2v) is 2.29. The normalized spacial score (nSPS) is 24.3. The van der Waals surface area contributed by atoms with E-state index in [0.717, 1.165) is 26.2 Å². The van der Waals surface area contributed by atoms with Gasteiger partial charge in [0.2, 0.25) is 0 Å². The lowest BCUT2D eigenvalue weighted by atomic mass is 10.3. The third kappa shape index (κ3) is 3.49. The van der Waals surface area contributed by atoms with Gasteiger partial charge in [-0.15, -0.1) is 0 Å². The Morgan fingerprint density at radius 3 is 3.00 bits per heavy atom. The van der Waals surface area contributed by atoms with Crippen LogP contribution < -0.4 is 0 Å². The van der Waals surface area contributed by atoms with E-state index >= 15 is 0 Å². The van der Waals surface area contributed by atoms with E-state index in [1.54, 1.807) is 0 Å². The summed E-state index contributed by atoms with van der Waals surface area (Å²) in [6, 6.07) is 0. The number of hydrogen-bond donors (Lipinski definition) is 0. The Hall–Kier alpha value is -0.0800. The largest absolute Gasteiger partial charge is 0.382 e. The molecule has 0 N–H and O–H groups in total. The van der Waals surface area contributed by atoms with Crippen molar-refractivity contribution in [2.75, 3.05) is 19.8 Å². The summed E-state index contributed by atoms with van der Waals surface area (Å²) in [6.45, 7) is 4.74. The fourth-order valence-electron chi connectivity index (χ4n) is 0.792. The summed E-state index contributed by atoms with van der Waals surface area (Å²) in [6.07, 6.45) is 2.91. The first-order valence-corrected chi connectivity index (χ1v) is 3.63. The van der Waals surface area contributed by atoms with Gasteiger partial charge in [-0.1, -0.05) is 0 Å². The molecule has 9 heavy (non-hydrogen) atoms. The lowest BCUT2D eigenvalue weighted by Crippen LogP contribution is -1.95. The van der Waals surface area contributed by atoms with E-state index in [1.807, 2.05) is 6.92 Å². The summed E-state index contributed by atoms with van der Waals surface area (Å²) >= 11 is 0. The summed E-state index contributed by atoms with van der Waals surface area (Å²) in [5.74, 6) is 0. The molecule has 54 valence electrons. The van der Waals surface area contributed by atoms with E-state index < -0.39 is 0 Å². The van der Waals surface area contributed by atoms with Crippen molar-refractivity contribution in [3.8, 4) is 0 Å². The quantitative estimate of drug-likeness (QED) is 0.412. The molecular weight excluding hydrogens is 116 g/mol. The van der Waals surface area contributed by atoms with Crippen molar-refractivity contribution in [3.05, 3.63) is 0 Å². The topological polar surface area (TPSA) is 21.8 Å². The Labute approximate surface area is 56.2 Å². The van der Waals surface area contributed by atoms with Gasteiger partial charge in [0.05, 0.1) is 12.7 Å². The zero-order valence-electron chi connectivity index (χ0n) is 5.93. The van der Waals surface area contributed by atoms with Crippen molar-refractivity contribution in [2.24, 2.45) is 0 Å². The summed E-state index contributed by atoms with van der Waals surface area (Å²) in [5, 5.41) is 0. The Kier molecular flexibility index (Phi) is 3.01. The molecule has 1 rings (SSSR count). The first-order valence-electron chi connectivity index (χ1n) is 3.63. The van der Waals surface area contributed by atoms with Gasteiger partial charge in [0.25, 0.3) is 0 Å². The van der Waals surface area contributed by atoms with Crippen molar-refractivity contribution in [1.82, 2.24) is 0 Å². The highest BCUT2D eigenvalue weighted by atomic mass is 16.6. The minimum atomic E-state index is 0.574. The number of epoxide rings is 1. The maximum atomic E-state index is 5.16. The van der Waals surface area contributed by atoms with Crippen LogP contribution in [0.25, 0.3) is 0 Å². The minimum absolute atomic E-state index is 0.574. The van der Waals surface area contributed by atoms with Crippen LogP contribution in [0.4, 0.5) is 0 Å². The van der Waals surface area contributed by atoms with E-state index in [4.69, 9.17) is 9.47 Å². The van der Waals surface area contributed by atoms with Crippen molar-refractivity contribution in [1.29, 1.82) is 0 Å². The van der Waals surface area contributed by atoms with E-state index in [9.17, 15) is 0 Å². The van der Waals surface area contributed by atoms with Crippen molar-refractivity contribution in [2.45, 2.75) is 25.9 Å². The molecule has 1 unspecified atom stereocenters. The smallest absolute Gasteiger partial charge is 0.0810 e. The zero-order valence-corrected chi connectivity index (χ0v) is 5.93. The molecule has 1 aliphatic heterocycles. The summed E-state index contributed by atoms with van der Waals surface area (Å²) in [4.78, 5) is 0. The van der Waals surface area contributed by atoms with Crippen LogP contribution in [0.15, 0.2) is 0 Å². The SMILES string of the molecule is CCOCCCC1CO1. The predicted molar refractivity (Wildman–Crippen MR) is 35.5 cm³/mol. The van der Waals surface area contributed by atoms with Gasteiger partial charge in [-0.05, 0) is 19.8 Å². The highest BCUT2D eigenvalue weighted by Crippen LogP contribution is 2.14. The van der Waals surface area contributed by atoms with Crippen molar-refractivity contribution < 1.29 is 9.47 Å². The lowest BCUT2D eigenvalue weighted by Gasteiger charge is -1.96. The molecule has 0 aromatic rings. The Bertz CT molecular complexity index is 69.3. The van der Waals surface area contributed by atoms with Gasteiger partial charge in [0, 0.05) is 13.2 Å². The Balaban J connectivity index is 1.71. The van der Waals surface area contributed by atoms with Gasteiger partial charge in [-0.3, -0.25) is 0 Å². The number of hydrogen-bond acceptors (Lipinski definition) is 2. The zero-order chi connectivity index (χ0) is 6.53. The molecule has 0 aliphatic carbocycles. The minimum Gasteiger partial charge on any atom is -0.382 e. The van der Waals surface area contributed by atoms with Gasteiger partial charge in [-0.25, -0.2) is 0 Å². The average molecular weight is 130 g/mol. The van der Waals surface area contributed by atoms with Crippen LogP contribution in [-0.2, 0) is 9.47 Å². The predicted octanol–water partition coefficient (Wildman–Crippen LogP) is 1.20. The van der Waals surface area contributed by atoms with E-state index in [-0.39, 0.29) is 0 Å². The third-order valence-electron chi connectivity index (χ3n) is 1.42. The molecular formula is C7H14O2. The molecule has 1 atom stereocenters. The average Bonchev–Trinajstić information content (AvgIpc) is 2.63. The summed E-state index contributed by atoms with van der Waals surface area (Å²) in [7, 11) is 0. The number of ether oxygens (including phenoxy) is 2. The monoisotopic (exact) mass is 130 g/mol. The highest BCUT2D eigenvalue weighted by Gasteiger charge is 2.20. The standard InChI is InChI=1S/C7H14O2/c1-2-8-5-3-4-7-6-9-7/h7H,2-6H2,1H3. The Morgan fingerprint density at radius 1 is 1.67 bits per heavy atom.